The van der Waals surface area contributed by atoms with Gasteiger partial charge in [0.15, 0.2) is 0 Å². The van der Waals surface area contributed by atoms with Crippen molar-refractivity contribution >= 4 is 41.4 Å². The average Bonchev–Trinajstić information content (AvgIpc) is 3.21. The zero-order chi connectivity index (χ0) is 24.4. The number of nitrogens with two attached hydrogens (primary N) is 2. The van der Waals surface area contributed by atoms with Gasteiger partial charge in [-0.25, -0.2) is 4.57 Å². The lowest BCUT2D eigenvalue weighted by atomic mass is 9.80. The SMILES string of the molecule is COc1nc2c(C(N)=O)cccc2n1-c1nc(NCc2cccc(B(O)O)c2)nc(C(N)=O)n1. The number of imidazole rings is 1. The van der Waals surface area contributed by atoms with Crippen molar-refractivity contribution in [2.24, 2.45) is 11.5 Å². The van der Waals surface area contributed by atoms with Crippen LogP contribution in [0, 0.1) is 0 Å². The standard InChI is InChI=1S/C20H19BN8O5/c1-34-20-25-14-12(15(22)30)6-3-7-13(14)29(20)19-27-17(16(23)31)26-18(28-19)24-9-10-4-2-5-11(8-10)21(32)33/h2-8,32-33H,9H2,1H3,(H2,22,30)(H2,23,31)(H,24,26,27,28). The van der Waals surface area contributed by atoms with Crippen LogP contribution in [0.3, 0.4) is 0 Å². The van der Waals surface area contributed by atoms with E-state index in [4.69, 9.17) is 16.2 Å². The first kappa shape index (κ1) is 22.6. The second-order valence-electron chi connectivity index (χ2n) is 7.09. The van der Waals surface area contributed by atoms with Gasteiger partial charge in [-0.2, -0.15) is 19.9 Å². The number of anilines is 1. The largest absolute Gasteiger partial charge is 0.488 e. The molecule has 0 aliphatic rings. The first-order chi connectivity index (χ1) is 16.3. The van der Waals surface area contributed by atoms with Crippen LogP contribution < -0.4 is 27.0 Å². The number of hydrogen-bond donors (Lipinski definition) is 5. The first-order valence-electron chi connectivity index (χ1n) is 9.89. The molecule has 7 N–H and O–H groups in total. The lowest BCUT2D eigenvalue weighted by Crippen LogP contribution is -2.30. The molecule has 0 aliphatic carbocycles. The van der Waals surface area contributed by atoms with E-state index in [2.05, 4.69) is 25.3 Å². The molecular weight excluding hydrogens is 443 g/mol. The summed E-state index contributed by atoms with van der Waals surface area (Å²) in [7, 11) is -0.239. The summed E-state index contributed by atoms with van der Waals surface area (Å²) in [5.74, 6) is -1.90. The summed E-state index contributed by atoms with van der Waals surface area (Å²) in [6.07, 6.45) is 0. The molecule has 2 amide bonds. The molecule has 0 aliphatic heterocycles. The van der Waals surface area contributed by atoms with Crippen LogP contribution in [-0.4, -0.2) is 60.6 Å². The van der Waals surface area contributed by atoms with Crippen LogP contribution in [0.2, 0.25) is 0 Å². The van der Waals surface area contributed by atoms with E-state index < -0.39 is 18.9 Å². The monoisotopic (exact) mass is 462 g/mol. The second kappa shape index (κ2) is 9.13. The highest BCUT2D eigenvalue weighted by Crippen LogP contribution is 2.27. The lowest BCUT2D eigenvalue weighted by Gasteiger charge is -2.11. The number of carbonyl (C=O) groups is 2. The van der Waals surface area contributed by atoms with Crippen LogP contribution in [0.15, 0.2) is 42.5 Å². The molecule has 4 aromatic rings. The molecule has 0 spiro atoms. The molecule has 0 fully saturated rings. The van der Waals surface area contributed by atoms with Gasteiger partial charge in [-0.05, 0) is 23.2 Å². The number of para-hydroxylation sites is 1. The highest BCUT2D eigenvalue weighted by molar-refractivity contribution is 6.58. The third kappa shape index (κ3) is 4.35. The van der Waals surface area contributed by atoms with E-state index in [1.807, 2.05) is 0 Å². The first-order valence-corrected chi connectivity index (χ1v) is 9.89. The topological polar surface area (TPSA) is 204 Å². The number of nitrogens with zero attached hydrogens (tertiary/aromatic N) is 5. The van der Waals surface area contributed by atoms with Crippen LogP contribution in [-0.2, 0) is 6.54 Å². The number of rotatable bonds is 8. The van der Waals surface area contributed by atoms with Gasteiger partial charge in [0.2, 0.25) is 17.7 Å². The normalized spacial score (nSPS) is 10.8. The number of amides is 2. The van der Waals surface area contributed by atoms with Crippen LogP contribution >= 0.6 is 0 Å². The number of aromatic nitrogens is 5. The molecule has 2 aromatic heterocycles. The Morgan fingerprint density at radius 1 is 1.06 bits per heavy atom. The van der Waals surface area contributed by atoms with Crippen molar-refractivity contribution in [3.05, 3.63) is 59.4 Å². The maximum atomic E-state index is 11.9. The fourth-order valence-electron chi connectivity index (χ4n) is 3.31. The maximum absolute atomic E-state index is 11.9. The van der Waals surface area contributed by atoms with Crippen molar-refractivity contribution in [2.45, 2.75) is 6.54 Å². The predicted octanol–water partition coefficient (Wildman–Crippen LogP) is -1.29. The summed E-state index contributed by atoms with van der Waals surface area (Å²) in [6, 6.07) is 11.4. The molecule has 0 unspecified atom stereocenters. The predicted molar refractivity (Wildman–Crippen MR) is 122 cm³/mol. The van der Waals surface area contributed by atoms with Gasteiger partial charge in [-0.1, -0.05) is 30.3 Å². The second-order valence-corrected chi connectivity index (χ2v) is 7.09. The fraction of sp³-hybridized carbons (Fsp3) is 0.100. The molecule has 0 radical (unpaired) electrons. The zero-order valence-corrected chi connectivity index (χ0v) is 17.8. The Kier molecular flexibility index (Phi) is 6.08. The highest BCUT2D eigenvalue weighted by Gasteiger charge is 2.21. The molecule has 172 valence electrons. The molecule has 34 heavy (non-hydrogen) atoms. The van der Waals surface area contributed by atoms with Gasteiger partial charge >= 0.3 is 13.1 Å². The molecule has 2 heterocycles. The Labute approximate surface area is 192 Å². The summed E-state index contributed by atoms with van der Waals surface area (Å²) in [5.41, 5.74) is 12.7. The molecule has 14 heteroatoms. The van der Waals surface area contributed by atoms with Crippen molar-refractivity contribution in [3.63, 3.8) is 0 Å². The van der Waals surface area contributed by atoms with Gasteiger partial charge in [0.1, 0.15) is 5.52 Å². The minimum absolute atomic E-state index is 0.0173. The van der Waals surface area contributed by atoms with E-state index in [1.54, 1.807) is 36.4 Å². The molecule has 0 bridgehead atoms. The van der Waals surface area contributed by atoms with Gasteiger partial charge < -0.3 is 31.6 Å². The van der Waals surface area contributed by atoms with Crippen molar-refractivity contribution in [2.75, 3.05) is 12.4 Å². The van der Waals surface area contributed by atoms with Crippen molar-refractivity contribution < 1.29 is 24.4 Å². The van der Waals surface area contributed by atoms with Gasteiger partial charge in [0, 0.05) is 6.54 Å². The summed E-state index contributed by atoms with van der Waals surface area (Å²) in [6.45, 7) is 0.190. The maximum Gasteiger partial charge on any atom is 0.488 e. The summed E-state index contributed by atoms with van der Waals surface area (Å²) in [5, 5.41) is 21.7. The van der Waals surface area contributed by atoms with Crippen LogP contribution in [0.1, 0.15) is 26.5 Å². The average molecular weight is 462 g/mol. The lowest BCUT2D eigenvalue weighted by molar-refractivity contribution is 0.0986. The molecule has 0 atom stereocenters. The Bertz CT molecular complexity index is 1410. The number of benzene rings is 2. The number of ether oxygens (including phenoxy) is 1. The van der Waals surface area contributed by atoms with Gasteiger partial charge in [-0.3, -0.25) is 9.59 Å². The zero-order valence-electron chi connectivity index (χ0n) is 17.8. The molecule has 4 rings (SSSR count). The van der Waals surface area contributed by atoms with E-state index in [1.165, 1.54) is 17.7 Å². The minimum Gasteiger partial charge on any atom is -0.468 e. The summed E-state index contributed by atoms with van der Waals surface area (Å²) >= 11 is 0. The molecule has 13 nitrogen and oxygen atoms in total. The minimum atomic E-state index is -1.61. The molecule has 0 saturated heterocycles. The van der Waals surface area contributed by atoms with Crippen LogP contribution in [0.25, 0.3) is 17.0 Å². The number of primary amides is 2. The Morgan fingerprint density at radius 3 is 2.50 bits per heavy atom. The number of fused-ring (bicyclic) bond motifs is 1. The van der Waals surface area contributed by atoms with Crippen molar-refractivity contribution in [1.29, 1.82) is 0 Å². The highest BCUT2D eigenvalue weighted by atomic mass is 16.5. The third-order valence-electron chi connectivity index (χ3n) is 4.85. The number of methoxy groups -OCH3 is 1. The number of nitrogens with one attached hydrogen (secondary N) is 1. The van der Waals surface area contributed by atoms with E-state index in [0.717, 1.165) is 0 Å². The van der Waals surface area contributed by atoms with Gasteiger partial charge in [0.05, 0.1) is 18.2 Å². The van der Waals surface area contributed by atoms with Crippen LogP contribution in [0.5, 0.6) is 6.01 Å². The fourth-order valence-corrected chi connectivity index (χ4v) is 3.31. The summed E-state index contributed by atoms with van der Waals surface area (Å²) < 4.78 is 6.73. The molecule has 2 aromatic carbocycles. The van der Waals surface area contributed by atoms with E-state index in [0.29, 0.717) is 16.5 Å². The Balaban J connectivity index is 1.79. The van der Waals surface area contributed by atoms with Crippen LogP contribution in [0.4, 0.5) is 5.95 Å². The Hall–Kier alpha value is -4.56. The quantitative estimate of drug-likeness (QED) is 0.196. The molecule has 0 saturated carbocycles. The number of hydrogen-bond acceptors (Lipinski definition) is 10. The van der Waals surface area contributed by atoms with E-state index in [9.17, 15) is 19.6 Å². The van der Waals surface area contributed by atoms with E-state index in [-0.39, 0.29) is 41.4 Å². The van der Waals surface area contributed by atoms with E-state index >= 15 is 0 Å². The smallest absolute Gasteiger partial charge is 0.468 e. The van der Waals surface area contributed by atoms with Crippen molar-refractivity contribution in [3.8, 4) is 12.0 Å². The van der Waals surface area contributed by atoms with Crippen molar-refractivity contribution in [1.82, 2.24) is 24.5 Å². The summed E-state index contributed by atoms with van der Waals surface area (Å²) in [4.78, 5) is 40.6. The van der Waals surface area contributed by atoms with Gasteiger partial charge in [-0.15, -0.1) is 0 Å². The Morgan fingerprint density at radius 2 is 1.82 bits per heavy atom. The number of carbonyl (C=O) groups excluding carboxylic acids is 2. The third-order valence-corrected chi connectivity index (χ3v) is 4.85. The molecular formula is C20H19BN8O5. The van der Waals surface area contributed by atoms with Gasteiger partial charge in [0.25, 0.3) is 11.8 Å².